The Hall–Kier alpha value is -1.92. The molecule has 35 heavy (non-hydrogen) atoms. The van der Waals surface area contributed by atoms with Crippen LogP contribution in [0.1, 0.15) is 137 Å². The molecule has 1 amide bonds. The topological polar surface area (TPSA) is 98.5 Å². The van der Waals surface area contributed by atoms with Crippen LogP contribution in [-0.2, 0) is 14.4 Å². The van der Waals surface area contributed by atoms with Gasteiger partial charge >= 0.3 is 0 Å². The highest BCUT2D eigenvalue weighted by atomic mass is 16.9. The number of carbonyl (C=O) groups is 2. The van der Waals surface area contributed by atoms with Gasteiger partial charge in [-0.25, -0.2) is 0 Å². The molecule has 1 fully saturated rings. The number of allylic oxidation sites excluding steroid dienone is 2. The summed E-state index contributed by atoms with van der Waals surface area (Å²) in [5.74, 6) is 1.43. The van der Waals surface area contributed by atoms with Gasteiger partial charge in [0.2, 0.25) is 5.91 Å². The van der Waals surface area contributed by atoms with Gasteiger partial charge in [0, 0.05) is 25.8 Å². The van der Waals surface area contributed by atoms with Crippen LogP contribution in [0.3, 0.4) is 0 Å². The summed E-state index contributed by atoms with van der Waals surface area (Å²) in [6.45, 7) is 8.81. The number of carbonyl (C=O) groups excluding carboxylic acids is 2. The Morgan fingerprint density at radius 2 is 1.66 bits per heavy atom. The van der Waals surface area contributed by atoms with Crippen molar-refractivity contribution in [1.29, 1.82) is 0 Å². The van der Waals surface area contributed by atoms with Crippen LogP contribution >= 0.6 is 0 Å². The van der Waals surface area contributed by atoms with E-state index in [4.69, 9.17) is 0 Å². The summed E-state index contributed by atoms with van der Waals surface area (Å²) in [6, 6.07) is 0. The molecule has 1 N–H and O–H groups in total. The van der Waals surface area contributed by atoms with E-state index >= 15 is 0 Å². The first kappa shape index (κ1) is 35.2. The molecule has 0 unspecified atom stereocenters. The Balaban J connectivity index is 0. The predicted octanol–water partition coefficient (Wildman–Crippen LogP) is 7.75. The summed E-state index contributed by atoms with van der Waals surface area (Å²) in [5, 5.41) is 11.8. The summed E-state index contributed by atoms with van der Waals surface area (Å²) in [7, 11) is 0. The molecule has 0 aromatic rings. The van der Waals surface area contributed by atoms with Crippen molar-refractivity contribution in [2.24, 2.45) is 5.92 Å². The van der Waals surface area contributed by atoms with Crippen molar-refractivity contribution in [1.82, 2.24) is 5.32 Å². The van der Waals surface area contributed by atoms with Crippen LogP contribution in [0, 0.1) is 16.0 Å². The van der Waals surface area contributed by atoms with Gasteiger partial charge in [0.1, 0.15) is 5.78 Å². The number of amides is 1. The number of nitrogens with one attached hydrogen (secondary N) is 1. The van der Waals surface area contributed by atoms with Gasteiger partial charge in [0.15, 0.2) is 0 Å². The molecule has 1 aliphatic carbocycles. The van der Waals surface area contributed by atoms with Gasteiger partial charge in [-0.05, 0) is 51.4 Å². The molecule has 206 valence electrons. The second kappa shape index (κ2) is 28.3. The minimum Gasteiger partial charge on any atom is -0.356 e. The van der Waals surface area contributed by atoms with Crippen LogP contribution in [0.4, 0.5) is 0 Å². The van der Waals surface area contributed by atoms with Crippen LogP contribution in [0.2, 0.25) is 0 Å². The smallest absolute Gasteiger partial charge is 0.294 e. The van der Waals surface area contributed by atoms with E-state index in [-0.39, 0.29) is 12.5 Å². The Labute approximate surface area is 215 Å². The van der Waals surface area contributed by atoms with E-state index in [0.717, 1.165) is 38.0 Å². The highest BCUT2D eigenvalue weighted by molar-refractivity contribution is 5.78. The first-order valence-corrected chi connectivity index (χ1v) is 14.2. The number of hydrogen-bond acceptors (Lipinski definition) is 5. The quantitative estimate of drug-likeness (QED) is 0.0849. The van der Waals surface area contributed by atoms with Crippen molar-refractivity contribution < 1.29 is 19.5 Å². The van der Waals surface area contributed by atoms with Crippen LogP contribution < -0.4 is 5.32 Å². The lowest BCUT2D eigenvalue weighted by Crippen LogP contribution is -2.24. The number of unbranched alkanes of at least 4 members (excludes halogenated alkanes) is 6. The summed E-state index contributed by atoms with van der Waals surface area (Å²) in [5.41, 5.74) is 0. The van der Waals surface area contributed by atoms with Crippen LogP contribution in [0.15, 0.2) is 12.2 Å². The fourth-order valence-electron chi connectivity index (χ4n) is 3.94. The highest BCUT2D eigenvalue weighted by Gasteiger charge is 2.15. The minimum absolute atomic E-state index is 0.0321. The minimum atomic E-state index is -0.806. The first-order valence-electron chi connectivity index (χ1n) is 14.2. The molecule has 0 spiro atoms. The predicted molar refractivity (Wildman–Crippen MR) is 145 cm³/mol. The largest absolute Gasteiger partial charge is 0.356 e. The van der Waals surface area contributed by atoms with E-state index in [9.17, 15) is 19.7 Å². The maximum Gasteiger partial charge on any atom is 0.294 e. The van der Waals surface area contributed by atoms with E-state index in [1.807, 2.05) is 32.9 Å². The average Bonchev–Trinajstić information content (AvgIpc) is 3.38. The van der Waals surface area contributed by atoms with Gasteiger partial charge in [0.05, 0.1) is 6.61 Å². The third-order valence-electron chi connectivity index (χ3n) is 5.97. The van der Waals surface area contributed by atoms with Crippen molar-refractivity contribution in [3.8, 4) is 0 Å². The van der Waals surface area contributed by atoms with Gasteiger partial charge < -0.3 is 10.2 Å². The molecule has 1 rings (SSSR count). The number of ketones is 1. The van der Waals surface area contributed by atoms with Gasteiger partial charge in [-0.2, -0.15) is 0 Å². The van der Waals surface area contributed by atoms with Crippen LogP contribution in [0.25, 0.3) is 0 Å². The van der Waals surface area contributed by atoms with Gasteiger partial charge in [-0.15, -0.1) is 10.1 Å². The molecule has 0 aromatic heterocycles. The molecule has 0 aromatic carbocycles. The summed E-state index contributed by atoms with van der Waals surface area (Å²) in [4.78, 5) is 36.9. The fraction of sp³-hybridized carbons (Fsp3) is 0.857. The average molecular weight is 499 g/mol. The number of hydrogen-bond donors (Lipinski definition) is 1. The van der Waals surface area contributed by atoms with Crippen molar-refractivity contribution >= 4 is 11.7 Å². The molecule has 1 aliphatic rings. The second-order valence-corrected chi connectivity index (χ2v) is 8.97. The molecule has 7 heteroatoms. The molecule has 0 saturated heterocycles. The molecule has 7 nitrogen and oxygen atoms in total. The zero-order valence-electron chi connectivity index (χ0n) is 23.2. The molecule has 0 atom stereocenters. The lowest BCUT2D eigenvalue weighted by atomic mass is 9.98. The third kappa shape index (κ3) is 28.2. The number of nitrogens with zero attached hydrogens (tertiary/aromatic N) is 1. The molecule has 1 saturated carbocycles. The van der Waals surface area contributed by atoms with E-state index in [2.05, 4.69) is 17.1 Å². The highest BCUT2D eigenvalue weighted by Crippen LogP contribution is 2.28. The monoisotopic (exact) mass is 498 g/mol. The summed E-state index contributed by atoms with van der Waals surface area (Å²) < 4.78 is 0. The zero-order valence-corrected chi connectivity index (χ0v) is 23.2. The molecule has 0 aliphatic heterocycles. The van der Waals surface area contributed by atoms with Crippen LogP contribution in [-0.4, -0.2) is 29.9 Å². The molecule has 0 heterocycles. The first-order chi connectivity index (χ1) is 17.0. The van der Waals surface area contributed by atoms with Gasteiger partial charge in [-0.3, -0.25) is 9.59 Å². The molecule has 0 radical (unpaired) electrons. The van der Waals surface area contributed by atoms with E-state index in [1.54, 1.807) is 0 Å². The zero-order chi connectivity index (χ0) is 26.6. The second-order valence-electron chi connectivity index (χ2n) is 8.97. The van der Waals surface area contributed by atoms with E-state index in [0.29, 0.717) is 31.6 Å². The standard InChI is InChI=1S/C15H28O.C11H20N2O4.C2H6/c1-2-3-4-5-6-11-15(16)13-12-14-9-7-8-10-14;1-2-3-4-5-8-11(14)12-9-6-7-10-17-13(15)16;1-2/h14H,2-13H2,1H3;2-3H,4-10H2,1H3,(H,12,14);1-2H3/b;3-2-;. The maximum atomic E-state index is 11.6. The van der Waals surface area contributed by atoms with Crippen molar-refractivity contribution in [3.63, 3.8) is 0 Å². The Morgan fingerprint density at radius 3 is 2.29 bits per heavy atom. The van der Waals surface area contributed by atoms with Crippen LogP contribution in [0.5, 0.6) is 0 Å². The van der Waals surface area contributed by atoms with E-state index < -0.39 is 5.09 Å². The summed E-state index contributed by atoms with van der Waals surface area (Å²) in [6.07, 6.45) is 22.3. The molecular weight excluding hydrogens is 444 g/mol. The number of rotatable bonds is 19. The maximum absolute atomic E-state index is 11.6. The van der Waals surface area contributed by atoms with Crippen molar-refractivity contribution in [2.45, 2.75) is 137 Å². The van der Waals surface area contributed by atoms with Crippen molar-refractivity contribution in [3.05, 3.63) is 22.3 Å². The Morgan fingerprint density at radius 1 is 0.971 bits per heavy atom. The third-order valence-corrected chi connectivity index (χ3v) is 5.97. The lowest BCUT2D eigenvalue weighted by Gasteiger charge is -2.07. The molecule has 0 bridgehead atoms. The number of Topliss-reactive ketones (excluding diaryl/α,β-unsaturated/α-hetero) is 1. The van der Waals surface area contributed by atoms with Crippen molar-refractivity contribution in [2.75, 3.05) is 13.2 Å². The fourth-order valence-corrected chi connectivity index (χ4v) is 3.94. The Kier molecular flexibility index (Phi) is 28.5. The van der Waals surface area contributed by atoms with E-state index in [1.165, 1.54) is 57.8 Å². The molecular formula is C28H54N2O5. The van der Waals surface area contributed by atoms with Gasteiger partial charge in [-0.1, -0.05) is 84.3 Å². The lowest BCUT2D eigenvalue weighted by molar-refractivity contribution is -0.757. The Bertz CT molecular complexity index is 531. The normalized spacial score (nSPS) is 12.9. The summed E-state index contributed by atoms with van der Waals surface area (Å²) >= 11 is 0. The SMILES string of the molecule is C/C=C\CCCC(=O)NCCCCO[N+](=O)[O-].CC.CCCCCCCC(=O)CCC1CCCC1. The van der Waals surface area contributed by atoms with Gasteiger partial charge in [0.25, 0.3) is 5.09 Å².